The average molecular weight is 866 g/mol. The molecule has 0 spiro atoms. The van der Waals surface area contributed by atoms with E-state index in [9.17, 15) is 39.0 Å². The Morgan fingerprint density at radius 3 is 1.10 bits per heavy atom. The lowest BCUT2D eigenvalue weighted by Gasteiger charge is -2.41. The van der Waals surface area contributed by atoms with Crippen molar-refractivity contribution in [3.8, 4) is 0 Å². The molecule has 2 atom stereocenters. The Balaban J connectivity index is 1.99. The Morgan fingerprint density at radius 1 is 0.557 bits per heavy atom. The second kappa shape index (κ2) is 20.4. The van der Waals surface area contributed by atoms with Crippen molar-refractivity contribution in [3.05, 3.63) is 153 Å². The third-order valence-corrected chi connectivity index (χ3v) is 12.0. The van der Waals surface area contributed by atoms with Gasteiger partial charge in [-0.15, -0.1) is 26.3 Å². The first-order chi connectivity index (χ1) is 28.6. The molecule has 8 nitrogen and oxygen atoms in total. The molecule has 2 aliphatic carbocycles. The van der Waals surface area contributed by atoms with Gasteiger partial charge in [-0.2, -0.15) is 0 Å². The van der Waals surface area contributed by atoms with Crippen molar-refractivity contribution in [2.75, 3.05) is 0 Å². The van der Waals surface area contributed by atoms with Crippen LogP contribution in [0.2, 0.25) is 10.0 Å². The Morgan fingerprint density at radius 2 is 0.836 bits per heavy atom. The van der Waals surface area contributed by atoms with Gasteiger partial charge in [0.05, 0.1) is 10.8 Å². The largest absolute Gasteiger partial charge is 0.511 e. The van der Waals surface area contributed by atoms with Crippen LogP contribution in [0.15, 0.2) is 132 Å². The van der Waals surface area contributed by atoms with E-state index >= 15 is 0 Å². The first kappa shape index (κ1) is 48.2. The van der Waals surface area contributed by atoms with E-state index < -0.39 is 86.5 Å². The molecule has 2 aromatic carbocycles. The summed E-state index contributed by atoms with van der Waals surface area (Å²) in [5, 5.41) is 25.7. The summed E-state index contributed by atoms with van der Waals surface area (Å²) in [6.45, 7) is 22.9. The predicted octanol–water partition coefficient (Wildman–Crippen LogP) is 11.8. The molecular weight excluding hydrogens is 811 g/mol. The van der Waals surface area contributed by atoms with Crippen LogP contribution in [0.3, 0.4) is 0 Å². The van der Waals surface area contributed by atoms with Gasteiger partial charge in [0.25, 0.3) is 0 Å². The van der Waals surface area contributed by atoms with Crippen LogP contribution in [-0.4, -0.2) is 44.9 Å². The summed E-state index contributed by atoms with van der Waals surface area (Å²) in [5.41, 5.74) is -0.651. The summed E-state index contributed by atoms with van der Waals surface area (Å²) in [5.74, 6) is -10.6. The van der Waals surface area contributed by atoms with Crippen LogP contribution in [0.4, 0.5) is 0 Å². The number of allylic oxidation sites excluding steroid dienone is 10. The minimum absolute atomic E-state index is 0.0308. The maximum absolute atomic E-state index is 14.8. The summed E-state index contributed by atoms with van der Waals surface area (Å²) in [4.78, 5) is 87.2. The standard InChI is InChI=1S/C51H54Cl2O8/c1-30(2)21-25-50(26-22-31(3)4)46(58)38(44(56)42(48(50)60)40(54)19-13-34-9-15-36(52)16-10-34)29-39-45(57)43(41(55)20-14-35-11-17-37(53)18-12-35)49(61)51(47(39)59,27-23-32(5)6)28-24-33(7)8/h9-20,42-43,58-59H,1,3,5,7,21-29H2,2,4,6,8H3. The Bertz CT molecular complexity index is 2100. The van der Waals surface area contributed by atoms with E-state index in [0.717, 1.165) is 12.2 Å². The first-order valence-electron chi connectivity index (χ1n) is 20.2. The summed E-state index contributed by atoms with van der Waals surface area (Å²) in [6.07, 6.45) is 5.17. The number of carbonyl (C=O) groups excluding carboxylic acids is 6. The highest BCUT2D eigenvalue weighted by Gasteiger charge is 2.58. The van der Waals surface area contributed by atoms with Gasteiger partial charge in [-0.3, -0.25) is 28.8 Å². The fraction of sp³-hybridized carbons (Fsp3) is 0.333. The van der Waals surface area contributed by atoms with Gasteiger partial charge in [0.2, 0.25) is 0 Å². The molecule has 0 aliphatic heterocycles. The highest BCUT2D eigenvalue weighted by Crippen LogP contribution is 2.51. The number of hydrogen-bond acceptors (Lipinski definition) is 8. The van der Waals surface area contributed by atoms with Gasteiger partial charge in [0, 0.05) is 27.6 Å². The van der Waals surface area contributed by atoms with E-state index in [1.54, 1.807) is 76.2 Å². The van der Waals surface area contributed by atoms with Crippen LogP contribution in [0.1, 0.15) is 96.6 Å². The molecule has 0 fully saturated rings. The zero-order chi connectivity index (χ0) is 45.4. The lowest BCUT2D eigenvalue weighted by atomic mass is 9.59. The van der Waals surface area contributed by atoms with E-state index in [1.807, 2.05) is 0 Å². The van der Waals surface area contributed by atoms with Crippen LogP contribution in [-0.2, 0) is 28.8 Å². The van der Waals surface area contributed by atoms with Crippen LogP contribution in [0, 0.1) is 22.7 Å². The van der Waals surface area contributed by atoms with Crippen molar-refractivity contribution in [3.63, 3.8) is 0 Å². The molecule has 0 heterocycles. The molecule has 0 radical (unpaired) electrons. The molecule has 2 aromatic rings. The number of carbonyl (C=O) groups is 6. The van der Waals surface area contributed by atoms with Crippen molar-refractivity contribution in [1.29, 1.82) is 0 Å². The van der Waals surface area contributed by atoms with Gasteiger partial charge in [0.15, 0.2) is 34.7 Å². The molecule has 320 valence electrons. The van der Waals surface area contributed by atoms with E-state index in [0.29, 0.717) is 43.5 Å². The zero-order valence-corrected chi connectivity index (χ0v) is 36.9. The quantitative estimate of drug-likeness (QED) is 0.0761. The highest BCUT2D eigenvalue weighted by molar-refractivity contribution is 6.33. The maximum Gasteiger partial charge on any atom is 0.180 e. The third kappa shape index (κ3) is 11.1. The first-order valence-corrected chi connectivity index (χ1v) is 21.0. The number of benzene rings is 2. The number of hydrogen-bond donors (Lipinski definition) is 2. The lowest BCUT2D eigenvalue weighted by Crippen LogP contribution is -2.51. The number of aliphatic hydroxyl groups is 2. The topological polar surface area (TPSA) is 143 Å². The zero-order valence-electron chi connectivity index (χ0n) is 35.4. The Hall–Kier alpha value is -5.44. The summed E-state index contributed by atoms with van der Waals surface area (Å²) < 4.78 is 0. The molecule has 2 aliphatic rings. The molecule has 0 aromatic heterocycles. The van der Waals surface area contributed by atoms with Crippen LogP contribution in [0.5, 0.6) is 0 Å². The van der Waals surface area contributed by atoms with Gasteiger partial charge >= 0.3 is 0 Å². The molecule has 10 heteroatoms. The van der Waals surface area contributed by atoms with Crippen LogP contribution < -0.4 is 0 Å². The minimum Gasteiger partial charge on any atom is -0.511 e. The van der Waals surface area contributed by atoms with Crippen LogP contribution in [0.25, 0.3) is 12.2 Å². The number of aliphatic hydroxyl groups excluding tert-OH is 2. The second-order valence-electron chi connectivity index (χ2n) is 16.7. The van der Waals surface area contributed by atoms with Crippen LogP contribution >= 0.6 is 23.2 Å². The average Bonchev–Trinajstić information content (AvgIpc) is 3.19. The van der Waals surface area contributed by atoms with Crippen molar-refractivity contribution in [2.24, 2.45) is 22.7 Å². The van der Waals surface area contributed by atoms with Crippen molar-refractivity contribution in [2.45, 2.75) is 85.5 Å². The number of halogens is 2. The van der Waals surface area contributed by atoms with E-state index in [-0.39, 0.29) is 51.4 Å². The molecule has 0 saturated carbocycles. The molecule has 0 bridgehead atoms. The van der Waals surface area contributed by atoms with Gasteiger partial charge in [-0.1, -0.05) is 81.9 Å². The molecule has 4 rings (SSSR count). The number of ketones is 6. The number of Topliss-reactive ketones (excluding diaryl/α,β-unsaturated/α-hetero) is 4. The molecule has 0 amide bonds. The van der Waals surface area contributed by atoms with Crippen molar-refractivity contribution in [1.82, 2.24) is 0 Å². The monoisotopic (exact) mass is 864 g/mol. The summed E-state index contributed by atoms with van der Waals surface area (Å²) in [7, 11) is 0. The fourth-order valence-electron chi connectivity index (χ4n) is 7.84. The third-order valence-electron chi connectivity index (χ3n) is 11.5. The smallest absolute Gasteiger partial charge is 0.180 e. The fourth-order valence-corrected chi connectivity index (χ4v) is 8.09. The van der Waals surface area contributed by atoms with E-state index in [4.69, 9.17) is 23.2 Å². The molecule has 61 heavy (non-hydrogen) atoms. The van der Waals surface area contributed by atoms with Crippen molar-refractivity contribution < 1.29 is 39.0 Å². The van der Waals surface area contributed by atoms with E-state index in [1.165, 1.54) is 12.2 Å². The minimum atomic E-state index is -1.93. The van der Waals surface area contributed by atoms with Gasteiger partial charge in [-0.25, -0.2) is 0 Å². The maximum atomic E-state index is 14.8. The predicted molar refractivity (Wildman–Crippen MR) is 243 cm³/mol. The summed E-state index contributed by atoms with van der Waals surface area (Å²) >= 11 is 12.1. The highest BCUT2D eigenvalue weighted by atomic mass is 35.5. The molecular formula is C51H54Cl2O8. The van der Waals surface area contributed by atoms with Gasteiger partial charge in [0.1, 0.15) is 23.4 Å². The summed E-state index contributed by atoms with van der Waals surface area (Å²) in [6, 6.07) is 13.1. The van der Waals surface area contributed by atoms with E-state index in [2.05, 4.69) is 26.3 Å². The molecule has 0 saturated heterocycles. The number of rotatable bonds is 20. The van der Waals surface area contributed by atoms with Gasteiger partial charge in [-0.05, 0) is 127 Å². The Labute approximate surface area is 368 Å². The molecule has 2 unspecified atom stereocenters. The molecule has 2 N–H and O–H groups in total. The SMILES string of the molecule is C=C(C)CCC1(CCC(=C)C)C(=O)C(C(=O)C=Cc2ccc(Cl)cc2)C(=O)C(CC2=C(O)C(CCC(=C)C)(CCC(=C)C)C(=O)C(C(=O)C=Cc3ccc(Cl)cc3)C2=O)=C1O. The Kier molecular flexibility index (Phi) is 16.1. The van der Waals surface area contributed by atoms with Crippen molar-refractivity contribution >= 4 is 70.1 Å². The second-order valence-corrected chi connectivity index (χ2v) is 17.6. The lowest BCUT2D eigenvalue weighted by molar-refractivity contribution is -0.146. The normalized spacial score (nSPS) is 18.9. The van der Waals surface area contributed by atoms with Gasteiger partial charge < -0.3 is 10.2 Å².